The second-order valence-corrected chi connectivity index (χ2v) is 23.9. The lowest BCUT2D eigenvalue weighted by atomic mass is 10.0. The molecule has 12 nitrogen and oxygen atoms in total. The Morgan fingerprint density at radius 1 is 0.526 bits per heavy atom. The molecule has 8 aromatic rings. The first-order valence-corrected chi connectivity index (χ1v) is 32.4. The van der Waals surface area contributed by atoms with Crippen LogP contribution in [0.25, 0.3) is 22.3 Å². The highest BCUT2D eigenvalue weighted by molar-refractivity contribution is 7.98. The van der Waals surface area contributed by atoms with Crippen LogP contribution in [0.5, 0.6) is 0 Å². The molecule has 502 valence electrons. The van der Waals surface area contributed by atoms with E-state index in [9.17, 15) is 54.3 Å². The predicted octanol–water partition coefficient (Wildman–Crippen LogP) is 14.7. The van der Waals surface area contributed by atoms with Crippen LogP contribution >= 0.6 is 23.5 Å². The summed E-state index contributed by atoms with van der Waals surface area (Å²) in [6.45, 7) is 11.0. The summed E-state index contributed by atoms with van der Waals surface area (Å²) in [6.07, 6.45) is -13.7. The number of aromatic nitrogens is 4. The summed E-state index contributed by atoms with van der Waals surface area (Å²) in [5.74, 6) is -5.56. The van der Waals surface area contributed by atoms with Gasteiger partial charge in [-0.2, -0.15) is 36.3 Å². The lowest BCUT2D eigenvalue weighted by molar-refractivity contribution is -0.138. The average molecular weight is 1360 g/mol. The second kappa shape index (κ2) is 32.7. The number of halogens is 8. The number of hydrogen-bond donors (Lipinski definition) is 0. The summed E-state index contributed by atoms with van der Waals surface area (Å²) in [4.78, 5) is 70.5. The third kappa shape index (κ3) is 19.2. The number of likely N-dealkylation sites (N-methyl/N-ethyl adjacent to an activating group) is 2. The first-order chi connectivity index (χ1) is 52.4. The van der Waals surface area contributed by atoms with Crippen LogP contribution < -0.4 is 11.1 Å². The number of amides is 2. The Balaban J connectivity index is 0.000000261. The molecular weight excluding hydrogens is 1270 g/mol. The number of carbonyl (C=O) groups excluding carboxylic acids is 2. The molecule has 2 aromatic heterocycles. The predicted molar refractivity (Wildman–Crippen MR) is 358 cm³/mol. The van der Waals surface area contributed by atoms with Gasteiger partial charge in [-0.15, -0.1) is 0 Å². The maximum Gasteiger partial charge on any atom is 0.416 e. The van der Waals surface area contributed by atoms with Gasteiger partial charge in [-0.1, -0.05) is 155 Å². The maximum atomic E-state index is 14.6. The number of alkyl halides is 6. The molecule has 1 unspecified atom stereocenters. The lowest BCUT2D eigenvalue weighted by Gasteiger charge is -2.28. The fraction of sp³-hybridized carbons (Fsp3) is 0.370. The molecule has 0 spiro atoms. The highest BCUT2D eigenvalue weighted by Gasteiger charge is 2.33. The first kappa shape index (κ1) is 51.4. The molecule has 0 fully saturated rings. The van der Waals surface area contributed by atoms with Crippen molar-refractivity contribution < 1.29 is 68.0 Å². The van der Waals surface area contributed by atoms with Crippen LogP contribution in [0.4, 0.5) is 35.1 Å². The highest BCUT2D eigenvalue weighted by atomic mass is 32.2. The van der Waals surface area contributed by atoms with E-state index < -0.39 is 184 Å². The Hall–Kier alpha value is -7.92. The van der Waals surface area contributed by atoms with Crippen molar-refractivity contribution in [3.05, 3.63) is 234 Å². The standard InChI is InChI=1S/C37H40F4N4O2S.C36H38F4N4O2S/c1-4-43(5-2)18-19-44(22-26-6-10-28(11-7-26)29-12-14-30(15-13-29)37(39,40)41)34(46)23-45-33-21-25(3)20-32(33)35(47)42-36(45)48-24-27-8-16-31(38)17-9-27;1-3-42(4-2)20-21-43(22-25-8-12-27(13-9-25)28-14-16-29(17-15-28)36(38,39)40)33(45)23-44-32-7-5-6-31(32)34(46)41-35(44)47-24-26-10-18-30(37)19-11-26/h6-17,25H,4-5,18-24H2,1-3H3;8-19H,3-7,20-24H2,1-2H3/i6D,7D,10D,11D,12D,13D,14D,15D,20D2,21D2,25D;10D,11D,18D,19D. The Morgan fingerprint density at radius 3 is 1.49 bits per heavy atom. The van der Waals surface area contributed by atoms with Crippen molar-refractivity contribution in [2.45, 2.75) is 127 Å². The largest absolute Gasteiger partial charge is 0.416 e. The normalized spacial score (nSPS) is 18.0. The number of rotatable bonds is 26. The van der Waals surface area contributed by atoms with E-state index in [1.807, 2.05) is 44.7 Å². The molecule has 2 amide bonds. The van der Waals surface area contributed by atoms with E-state index in [2.05, 4.69) is 14.9 Å². The minimum Gasteiger partial charge on any atom is -0.336 e. The number of fused-ring (bicyclic) bond motifs is 2. The van der Waals surface area contributed by atoms with Crippen molar-refractivity contribution in [1.82, 2.24) is 38.7 Å². The molecule has 1 atom stereocenters. The van der Waals surface area contributed by atoms with Crippen molar-refractivity contribution in [2.24, 2.45) is 5.89 Å². The lowest BCUT2D eigenvalue weighted by Crippen LogP contribution is -2.40. The van der Waals surface area contributed by atoms with E-state index in [4.69, 9.17) is 23.3 Å². The summed E-state index contributed by atoms with van der Waals surface area (Å²) in [6, 6.07) is 5.92. The molecule has 10 rings (SSSR count). The zero-order valence-corrected chi connectivity index (χ0v) is 54.1. The summed E-state index contributed by atoms with van der Waals surface area (Å²) >= 11 is 1.85. The van der Waals surface area contributed by atoms with Gasteiger partial charge in [0.15, 0.2) is 10.3 Å². The maximum absolute atomic E-state index is 14.6. The molecule has 2 aliphatic rings. The Kier molecular flexibility index (Phi) is 17.7. The summed E-state index contributed by atoms with van der Waals surface area (Å²) in [5, 5.41) is -0.0488. The molecule has 0 aliphatic heterocycles. The van der Waals surface area contributed by atoms with Crippen LogP contribution in [0.1, 0.15) is 120 Å². The van der Waals surface area contributed by atoms with E-state index in [0.29, 0.717) is 67.8 Å². The third-order valence-electron chi connectivity index (χ3n) is 15.8. The quantitative estimate of drug-likeness (QED) is 0.0295. The van der Waals surface area contributed by atoms with Crippen molar-refractivity contribution in [1.29, 1.82) is 0 Å². The molecule has 2 heterocycles. The van der Waals surface area contributed by atoms with Gasteiger partial charge >= 0.3 is 12.4 Å². The molecule has 0 saturated heterocycles. The molecule has 0 radical (unpaired) electrons. The van der Waals surface area contributed by atoms with Crippen LogP contribution in [0, 0.1) is 17.5 Å². The van der Waals surface area contributed by atoms with Crippen LogP contribution in [0.2, 0.25) is 0 Å². The van der Waals surface area contributed by atoms with Gasteiger partial charge in [0.2, 0.25) is 11.8 Å². The van der Waals surface area contributed by atoms with E-state index >= 15 is 0 Å². The molecule has 0 saturated carbocycles. The highest BCUT2D eigenvalue weighted by Crippen LogP contribution is 2.35. The van der Waals surface area contributed by atoms with Gasteiger partial charge in [-0.05, 0) is 157 Å². The van der Waals surface area contributed by atoms with Crippen LogP contribution in [0.3, 0.4) is 0 Å². The Morgan fingerprint density at radius 2 is 0.979 bits per heavy atom. The fourth-order valence-electron chi connectivity index (χ4n) is 10.4. The van der Waals surface area contributed by atoms with E-state index in [1.54, 1.807) is 21.6 Å². The molecule has 0 bridgehead atoms. The minimum atomic E-state index is -5.29. The SMILES string of the molecule is [2H]c1c([2H])c(-c2c([2H])c([2H])c(C(F)(F)F)c([2H])c2[2H])c([2H])c([2H])c1CN(CCN(CC)CC)C(=O)Cn1c(SCc2ccc(F)cc2)nc(=O)c2c1C([2H])([2H])C([2H])(C)C2([2H])[2H].[2H]c1c([2H])c(CSc2nc(=O)c3c(n2CC(=O)N(CCN(CC)CC)Cc2ccc(-c4ccc(C(F)(F)F)cc4)cc2)CCC3)c([2H])c([2H])c1F. The van der Waals surface area contributed by atoms with Gasteiger partial charge in [0.1, 0.15) is 24.7 Å². The van der Waals surface area contributed by atoms with E-state index in [0.717, 1.165) is 76.3 Å². The second-order valence-electron chi connectivity index (χ2n) is 22.0. The zero-order valence-electron chi connectivity index (χ0n) is 69.5. The van der Waals surface area contributed by atoms with Gasteiger partial charge in [0.25, 0.3) is 11.1 Å². The summed E-state index contributed by atoms with van der Waals surface area (Å²) < 4.78 is 255. The van der Waals surface area contributed by atoms with E-state index in [-0.39, 0.29) is 59.5 Å². The Bertz CT molecular complexity index is 4930. The van der Waals surface area contributed by atoms with Crippen LogP contribution in [0.15, 0.2) is 165 Å². The van der Waals surface area contributed by atoms with Crippen molar-refractivity contribution in [2.75, 3.05) is 52.4 Å². The van der Waals surface area contributed by atoms with Gasteiger partial charge in [-0.25, -0.2) is 8.78 Å². The minimum absolute atomic E-state index is 0.0249. The summed E-state index contributed by atoms with van der Waals surface area (Å²) in [7, 11) is 0. The third-order valence-corrected chi connectivity index (χ3v) is 17.8. The number of benzene rings is 6. The molecular formula is C73H78F8N8O4S2. The smallest absolute Gasteiger partial charge is 0.336 e. The molecule has 6 aromatic carbocycles. The van der Waals surface area contributed by atoms with Crippen molar-refractivity contribution in [3.63, 3.8) is 0 Å². The Labute approximate surface area is 581 Å². The fourth-order valence-corrected chi connectivity index (χ4v) is 12.2. The zero-order chi connectivity index (χ0) is 82.9. The topological polar surface area (TPSA) is 117 Å². The van der Waals surface area contributed by atoms with Crippen molar-refractivity contribution >= 4 is 35.3 Å². The number of thioether (sulfide) groups is 2. The van der Waals surface area contributed by atoms with Crippen molar-refractivity contribution in [3.8, 4) is 22.3 Å². The monoisotopic (exact) mass is 1360 g/mol. The molecule has 2 aliphatic carbocycles. The molecule has 0 N–H and O–H groups in total. The van der Waals surface area contributed by atoms with Gasteiger partial charge < -0.3 is 28.7 Å². The number of nitrogens with zero attached hydrogens (tertiary/aromatic N) is 8. The number of hydrogen-bond acceptors (Lipinski definition) is 10. The first-order valence-electron chi connectivity index (χ1n) is 39.0. The number of carbonyl (C=O) groups is 2. The summed E-state index contributed by atoms with van der Waals surface area (Å²) in [5.41, 5.74) is -3.78. The van der Waals surface area contributed by atoms with Crippen LogP contribution in [-0.2, 0) is 85.2 Å². The van der Waals surface area contributed by atoms with Gasteiger partial charge in [0.05, 0.1) is 27.6 Å². The average Bonchev–Trinajstić information content (AvgIpc) is 1.51. The van der Waals surface area contributed by atoms with Crippen LogP contribution in [-0.4, -0.2) is 103 Å². The van der Waals surface area contributed by atoms with Gasteiger partial charge in [0, 0.05) is 80.1 Å². The van der Waals surface area contributed by atoms with Gasteiger partial charge in [-0.3, -0.25) is 19.2 Å². The molecule has 95 heavy (non-hydrogen) atoms. The molecule has 22 heteroatoms. The van der Waals surface area contributed by atoms with E-state index in [1.165, 1.54) is 36.4 Å².